The van der Waals surface area contributed by atoms with Crippen LogP contribution in [0, 0.1) is 19.3 Å². The molecule has 0 aromatic heterocycles. The molecule has 1 aliphatic rings. The summed E-state index contributed by atoms with van der Waals surface area (Å²) >= 11 is 13.4. The van der Waals surface area contributed by atoms with E-state index in [1.165, 1.54) is 0 Å². The Morgan fingerprint density at radius 2 is 1.89 bits per heavy atom. The maximum absolute atomic E-state index is 11.9. The highest BCUT2D eigenvalue weighted by atomic mass is 35.5. The first-order chi connectivity index (χ1) is 13.3. The van der Waals surface area contributed by atoms with Crippen molar-refractivity contribution in [1.29, 1.82) is 5.41 Å². The Hall–Kier alpha value is -2.15. The Morgan fingerprint density at radius 1 is 1.14 bits per heavy atom. The van der Waals surface area contributed by atoms with Crippen molar-refractivity contribution in [1.82, 2.24) is 5.32 Å². The van der Waals surface area contributed by atoms with Crippen LogP contribution >= 0.6 is 35.0 Å². The van der Waals surface area contributed by atoms with Crippen molar-refractivity contribution in [2.24, 2.45) is 0 Å². The van der Waals surface area contributed by atoms with Gasteiger partial charge in [0.2, 0.25) is 0 Å². The second kappa shape index (κ2) is 8.90. The first-order valence-electron chi connectivity index (χ1n) is 8.45. The smallest absolute Gasteiger partial charge is 0.264 e. The lowest BCUT2D eigenvalue weighted by Gasteiger charge is -2.14. The number of amidine groups is 1. The van der Waals surface area contributed by atoms with Crippen LogP contribution in [0.15, 0.2) is 35.2 Å². The maximum atomic E-state index is 11.9. The van der Waals surface area contributed by atoms with Gasteiger partial charge >= 0.3 is 0 Å². The molecule has 5 nitrogen and oxygen atoms in total. The van der Waals surface area contributed by atoms with Crippen molar-refractivity contribution >= 4 is 52.1 Å². The predicted molar refractivity (Wildman–Crippen MR) is 115 cm³/mol. The summed E-state index contributed by atoms with van der Waals surface area (Å²) in [6.45, 7) is 4.59. The Balaban J connectivity index is 1.73. The molecule has 0 radical (unpaired) electrons. The summed E-state index contributed by atoms with van der Waals surface area (Å²) in [4.78, 5) is 12.3. The van der Waals surface area contributed by atoms with Gasteiger partial charge in [0, 0.05) is 10.6 Å². The molecular formula is C20H18Cl2N2O3S. The quantitative estimate of drug-likeness (QED) is 0.481. The SMILES string of the molecule is Cc1ccc(C)c(OCCOc2c(Cl)cc(Cl)cc2/C=C2\SC(=N)NC2=O)c1. The van der Waals surface area contributed by atoms with E-state index in [4.69, 9.17) is 38.1 Å². The minimum atomic E-state index is -0.338. The summed E-state index contributed by atoms with van der Waals surface area (Å²) in [6, 6.07) is 9.26. The van der Waals surface area contributed by atoms with Crippen LogP contribution in [-0.4, -0.2) is 24.3 Å². The van der Waals surface area contributed by atoms with Crippen LogP contribution in [-0.2, 0) is 4.79 Å². The highest BCUT2D eigenvalue weighted by Gasteiger charge is 2.23. The third kappa shape index (κ3) is 5.01. The summed E-state index contributed by atoms with van der Waals surface area (Å²) in [7, 11) is 0. The number of carbonyl (C=O) groups is 1. The molecule has 1 aliphatic heterocycles. The van der Waals surface area contributed by atoms with E-state index in [0.717, 1.165) is 28.6 Å². The lowest BCUT2D eigenvalue weighted by molar-refractivity contribution is -0.115. The van der Waals surface area contributed by atoms with Crippen molar-refractivity contribution in [2.45, 2.75) is 13.8 Å². The Bertz CT molecular complexity index is 976. The first kappa shape index (κ1) is 20.6. The van der Waals surface area contributed by atoms with Crippen molar-refractivity contribution in [3.8, 4) is 11.5 Å². The molecule has 0 bridgehead atoms. The van der Waals surface area contributed by atoms with E-state index in [1.54, 1.807) is 18.2 Å². The molecule has 0 saturated carbocycles. The van der Waals surface area contributed by atoms with E-state index in [9.17, 15) is 4.79 Å². The molecule has 1 heterocycles. The number of amides is 1. The summed E-state index contributed by atoms with van der Waals surface area (Å²) in [6.07, 6.45) is 1.61. The average Bonchev–Trinajstić information content (AvgIpc) is 2.93. The molecule has 0 spiro atoms. The van der Waals surface area contributed by atoms with Crippen LogP contribution in [0.5, 0.6) is 11.5 Å². The zero-order chi connectivity index (χ0) is 20.3. The number of benzene rings is 2. The molecule has 0 atom stereocenters. The van der Waals surface area contributed by atoms with Gasteiger partial charge in [0.1, 0.15) is 24.7 Å². The number of hydrogen-bond donors (Lipinski definition) is 2. The van der Waals surface area contributed by atoms with Crippen molar-refractivity contribution in [3.63, 3.8) is 0 Å². The van der Waals surface area contributed by atoms with Gasteiger partial charge in [-0.2, -0.15) is 0 Å². The zero-order valence-electron chi connectivity index (χ0n) is 15.3. The highest BCUT2D eigenvalue weighted by molar-refractivity contribution is 8.18. The fraction of sp³-hybridized carbons (Fsp3) is 0.200. The molecule has 1 fully saturated rings. The number of nitrogens with one attached hydrogen (secondary N) is 2. The number of hydrogen-bond acceptors (Lipinski definition) is 5. The number of ether oxygens (including phenoxy) is 2. The number of carbonyl (C=O) groups excluding carboxylic acids is 1. The molecule has 146 valence electrons. The molecule has 2 aromatic carbocycles. The lowest BCUT2D eigenvalue weighted by Crippen LogP contribution is -2.18. The topological polar surface area (TPSA) is 71.4 Å². The minimum absolute atomic E-state index is 0.0776. The molecule has 8 heteroatoms. The molecule has 3 rings (SSSR count). The highest BCUT2D eigenvalue weighted by Crippen LogP contribution is 2.36. The van der Waals surface area contributed by atoms with Crippen molar-refractivity contribution in [2.75, 3.05) is 13.2 Å². The van der Waals surface area contributed by atoms with Gasteiger partial charge in [0.15, 0.2) is 5.17 Å². The average molecular weight is 437 g/mol. The summed E-state index contributed by atoms with van der Waals surface area (Å²) in [5.41, 5.74) is 2.73. The molecule has 28 heavy (non-hydrogen) atoms. The number of halogens is 2. The minimum Gasteiger partial charge on any atom is -0.490 e. The normalized spacial score (nSPS) is 15.1. The molecular weight excluding hydrogens is 419 g/mol. The standard InChI is InChI=1S/C20H18Cl2N2O3S/c1-11-3-4-12(2)16(7-11)26-5-6-27-18-13(8-14(21)10-15(18)22)9-17-19(25)24-20(23)28-17/h3-4,7-10H,5-6H2,1-2H3,(H2,23,24,25)/b17-9-. The van der Waals surface area contributed by atoms with Crippen molar-refractivity contribution in [3.05, 3.63) is 62.0 Å². The largest absolute Gasteiger partial charge is 0.490 e. The van der Waals surface area contributed by atoms with Crippen LogP contribution in [0.2, 0.25) is 10.0 Å². The number of thioether (sulfide) groups is 1. The Morgan fingerprint density at radius 3 is 2.61 bits per heavy atom. The lowest BCUT2D eigenvalue weighted by atomic mass is 10.1. The van der Waals surface area contributed by atoms with E-state index >= 15 is 0 Å². The first-order valence-corrected chi connectivity index (χ1v) is 10.0. The van der Waals surface area contributed by atoms with Gasteiger partial charge in [-0.15, -0.1) is 0 Å². The van der Waals surface area contributed by atoms with Gasteiger partial charge in [-0.3, -0.25) is 10.2 Å². The monoisotopic (exact) mass is 436 g/mol. The summed E-state index contributed by atoms with van der Waals surface area (Å²) in [5.74, 6) is 0.885. The van der Waals surface area contributed by atoms with Crippen molar-refractivity contribution < 1.29 is 14.3 Å². The van der Waals surface area contributed by atoms with Gasteiger partial charge < -0.3 is 14.8 Å². The summed E-state index contributed by atoms with van der Waals surface area (Å²) < 4.78 is 11.6. The van der Waals surface area contributed by atoms with Crippen LogP contribution in [0.1, 0.15) is 16.7 Å². The second-order valence-electron chi connectivity index (χ2n) is 6.17. The zero-order valence-corrected chi connectivity index (χ0v) is 17.6. The van der Waals surface area contributed by atoms with E-state index in [1.807, 2.05) is 32.0 Å². The van der Waals surface area contributed by atoms with Crippen LogP contribution < -0.4 is 14.8 Å². The van der Waals surface area contributed by atoms with Crippen LogP contribution in [0.25, 0.3) is 6.08 Å². The van der Waals surface area contributed by atoms with Gasteiger partial charge in [0.05, 0.1) is 9.93 Å². The molecule has 2 aromatic rings. The third-order valence-corrected chi connectivity index (χ3v) is 5.25. The number of aryl methyl sites for hydroxylation is 2. The third-order valence-electron chi connectivity index (χ3n) is 3.92. The predicted octanol–water partition coefficient (Wildman–Crippen LogP) is 5.21. The van der Waals surface area contributed by atoms with Gasteiger partial charge in [0.25, 0.3) is 5.91 Å². The molecule has 0 unspecified atom stereocenters. The van der Waals surface area contributed by atoms with Crippen LogP contribution in [0.4, 0.5) is 0 Å². The van der Waals surface area contributed by atoms with E-state index in [0.29, 0.717) is 32.9 Å². The van der Waals surface area contributed by atoms with E-state index in [-0.39, 0.29) is 17.7 Å². The van der Waals surface area contributed by atoms with E-state index in [2.05, 4.69) is 5.32 Å². The van der Waals surface area contributed by atoms with Gasteiger partial charge in [-0.05, 0) is 61.0 Å². The summed E-state index contributed by atoms with van der Waals surface area (Å²) in [5, 5.41) is 10.8. The fourth-order valence-corrected chi connectivity index (χ4v) is 3.84. The second-order valence-corrected chi connectivity index (χ2v) is 8.06. The van der Waals surface area contributed by atoms with Gasteiger partial charge in [-0.25, -0.2) is 0 Å². The molecule has 1 amide bonds. The van der Waals surface area contributed by atoms with Gasteiger partial charge in [-0.1, -0.05) is 35.3 Å². The fourth-order valence-electron chi connectivity index (χ4n) is 2.58. The molecule has 2 N–H and O–H groups in total. The van der Waals surface area contributed by atoms with Crippen LogP contribution in [0.3, 0.4) is 0 Å². The molecule has 1 saturated heterocycles. The molecule has 0 aliphatic carbocycles. The number of rotatable bonds is 6. The Labute approximate surface area is 177 Å². The Kier molecular flexibility index (Phi) is 6.54. The van der Waals surface area contributed by atoms with E-state index < -0.39 is 0 Å². The maximum Gasteiger partial charge on any atom is 0.264 e.